The Morgan fingerprint density at radius 1 is 0.903 bits per heavy atom. The van der Waals surface area contributed by atoms with E-state index in [2.05, 4.69) is 16.2 Å². The fraction of sp³-hybridized carbons (Fsp3) is 0.174. The van der Waals surface area contributed by atoms with Crippen LogP contribution in [0.1, 0.15) is 41.3 Å². The number of hydrogen-bond donors (Lipinski definition) is 3. The molecule has 2 aromatic carbocycles. The molecule has 0 aliphatic heterocycles. The predicted molar refractivity (Wildman–Crippen MR) is 113 cm³/mol. The standard InChI is InChI=1S/C23H23N3O5/c1-16(27)24-20(17-8-4-2-5-9-17)14-22(28)25-26-23(29)21-13-12-19(31-21)15-30-18-10-6-3-7-11-18/h2-13,20H,14-15H2,1H3,(H,24,27)(H,25,28)(H,26,29). The van der Waals surface area contributed by atoms with E-state index in [-0.39, 0.29) is 24.7 Å². The van der Waals surface area contributed by atoms with Gasteiger partial charge in [0.15, 0.2) is 5.76 Å². The molecule has 0 spiro atoms. The fourth-order valence-electron chi connectivity index (χ4n) is 2.86. The molecule has 31 heavy (non-hydrogen) atoms. The Balaban J connectivity index is 1.50. The lowest BCUT2D eigenvalue weighted by Gasteiger charge is -2.18. The van der Waals surface area contributed by atoms with Crippen LogP contribution >= 0.6 is 0 Å². The molecule has 1 unspecified atom stereocenters. The average Bonchev–Trinajstić information content (AvgIpc) is 3.26. The molecule has 3 amide bonds. The first-order valence-corrected chi connectivity index (χ1v) is 9.69. The number of nitrogens with one attached hydrogen (secondary N) is 3. The van der Waals surface area contributed by atoms with E-state index in [1.54, 1.807) is 6.07 Å². The molecule has 3 aromatic rings. The number of hydrogen-bond acceptors (Lipinski definition) is 5. The normalized spacial score (nSPS) is 11.3. The molecule has 1 heterocycles. The lowest BCUT2D eigenvalue weighted by molar-refractivity contribution is -0.123. The minimum Gasteiger partial charge on any atom is -0.486 e. The predicted octanol–water partition coefficient (Wildman–Crippen LogP) is 2.89. The second-order valence-electron chi connectivity index (χ2n) is 6.74. The first-order chi connectivity index (χ1) is 15.0. The molecule has 0 aliphatic carbocycles. The van der Waals surface area contributed by atoms with Gasteiger partial charge in [-0.2, -0.15) is 0 Å². The van der Waals surface area contributed by atoms with Gasteiger partial charge in [0.1, 0.15) is 18.1 Å². The molecule has 0 fully saturated rings. The van der Waals surface area contributed by atoms with Crippen LogP contribution in [0.4, 0.5) is 0 Å². The minimum absolute atomic E-state index is 0.0356. The Labute approximate surface area is 179 Å². The topological polar surface area (TPSA) is 110 Å². The van der Waals surface area contributed by atoms with E-state index in [4.69, 9.17) is 9.15 Å². The molecule has 8 heteroatoms. The Bertz CT molecular complexity index is 1020. The van der Waals surface area contributed by atoms with Crippen molar-refractivity contribution < 1.29 is 23.5 Å². The van der Waals surface area contributed by atoms with Crippen molar-refractivity contribution in [3.8, 4) is 5.75 Å². The van der Waals surface area contributed by atoms with Crippen molar-refractivity contribution in [2.24, 2.45) is 0 Å². The Hall–Kier alpha value is -4.07. The highest BCUT2D eigenvalue weighted by Gasteiger charge is 2.18. The number of furan rings is 1. The third-order valence-corrected chi connectivity index (χ3v) is 4.29. The van der Waals surface area contributed by atoms with Crippen LogP contribution in [0.25, 0.3) is 0 Å². The highest BCUT2D eigenvalue weighted by Crippen LogP contribution is 2.16. The van der Waals surface area contributed by atoms with Gasteiger partial charge >= 0.3 is 5.91 Å². The van der Waals surface area contributed by atoms with Gasteiger partial charge < -0.3 is 14.5 Å². The van der Waals surface area contributed by atoms with Crippen molar-refractivity contribution in [2.75, 3.05) is 0 Å². The maximum Gasteiger partial charge on any atom is 0.305 e. The van der Waals surface area contributed by atoms with Crippen molar-refractivity contribution in [3.05, 3.63) is 89.9 Å². The molecule has 0 saturated carbocycles. The Morgan fingerprint density at radius 3 is 2.26 bits per heavy atom. The van der Waals surface area contributed by atoms with E-state index in [9.17, 15) is 14.4 Å². The number of carbonyl (C=O) groups is 3. The smallest absolute Gasteiger partial charge is 0.305 e. The minimum atomic E-state index is -0.602. The first kappa shape index (κ1) is 21.6. The lowest BCUT2D eigenvalue weighted by atomic mass is 10.0. The molecule has 0 saturated heterocycles. The van der Waals surface area contributed by atoms with Crippen LogP contribution < -0.4 is 20.9 Å². The van der Waals surface area contributed by atoms with Gasteiger partial charge in [0.2, 0.25) is 11.8 Å². The van der Waals surface area contributed by atoms with Gasteiger partial charge in [-0.3, -0.25) is 25.2 Å². The van der Waals surface area contributed by atoms with E-state index >= 15 is 0 Å². The largest absolute Gasteiger partial charge is 0.486 e. The third kappa shape index (κ3) is 6.74. The highest BCUT2D eigenvalue weighted by atomic mass is 16.5. The molecule has 0 radical (unpaired) electrons. The summed E-state index contributed by atoms with van der Waals surface area (Å²) in [6.45, 7) is 1.55. The third-order valence-electron chi connectivity index (χ3n) is 4.29. The number of carbonyl (C=O) groups excluding carboxylic acids is 3. The summed E-state index contributed by atoms with van der Waals surface area (Å²) in [5.41, 5.74) is 5.44. The second-order valence-corrected chi connectivity index (χ2v) is 6.74. The Morgan fingerprint density at radius 2 is 1.58 bits per heavy atom. The molecule has 160 valence electrons. The van der Waals surface area contributed by atoms with Crippen LogP contribution in [0, 0.1) is 0 Å². The second kappa shape index (κ2) is 10.6. The molecule has 0 bridgehead atoms. The number of amides is 3. The molecule has 3 rings (SSSR count). The van der Waals surface area contributed by atoms with E-state index in [1.165, 1.54) is 13.0 Å². The number of hydrazine groups is 1. The van der Waals surface area contributed by atoms with Gasteiger partial charge in [0.05, 0.1) is 12.5 Å². The number of para-hydroxylation sites is 1. The maximum atomic E-state index is 12.3. The van der Waals surface area contributed by atoms with Crippen molar-refractivity contribution in [2.45, 2.75) is 26.0 Å². The number of rotatable bonds is 8. The summed E-state index contributed by atoms with van der Waals surface area (Å²) in [5, 5.41) is 2.73. The SMILES string of the molecule is CC(=O)NC(CC(=O)NNC(=O)c1ccc(COc2ccccc2)o1)c1ccccc1. The maximum absolute atomic E-state index is 12.3. The van der Waals surface area contributed by atoms with Crippen LogP contribution in [0.15, 0.2) is 77.2 Å². The molecule has 1 atom stereocenters. The summed E-state index contributed by atoms with van der Waals surface area (Å²) in [6, 6.07) is 20.9. The summed E-state index contributed by atoms with van der Waals surface area (Å²) in [5.74, 6) is -0.135. The van der Waals surface area contributed by atoms with Crippen LogP contribution in [0.2, 0.25) is 0 Å². The zero-order valence-electron chi connectivity index (χ0n) is 17.0. The van der Waals surface area contributed by atoms with Crippen molar-refractivity contribution in [1.29, 1.82) is 0 Å². The van der Waals surface area contributed by atoms with E-state index in [1.807, 2.05) is 60.7 Å². The summed E-state index contributed by atoms with van der Waals surface area (Å²) < 4.78 is 11.0. The van der Waals surface area contributed by atoms with Gasteiger partial charge in [0.25, 0.3) is 0 Å². The summed E-state index contributed by atoms with van der Waals surface area (Å²) in [6.07, 6.45) is -0.0435. The van der Waals surface area contributed by atoms with E-state index in [0.717, 1.165) is 5.56 Å². The number of ether oxygens (including phenoxy) is 1. The van der Waals surface area contributed by atoms with Gasteiger partial charge in [-0.1, -0.05) is 48.5 Å². The summed E-state index contributed by atoms with van der Waals surface area (Å²) >= 11 is 0. The van der Waals surface area contributed by atoms with Crippen LogP contribution in [0.5, 0.6) is 5.75 Å². The molecular formula is C23H23N3O5. The molecule has 0 aliphatic rings. The molecule has 3 N–H and O–H groups in total. The van der Waals surface area contributed by atoms with Crippen LogP contribution in [-0.2, 0) is 16.2 Å². The quantitative estimate of drug-likeness (QED) is 0.485. The zero-order chi connectivity index (χ0) is 22.1. The van der Waals surface area contributed by atoms with Crippen LogP contribution in [0.3, 0.4) is 0 Å². The summed E-state index contributed by atoms with van der Waals surface area (Å²) in [7, 11) is 0. The van der Waals surface area contributed by atoms with E-state index in [0.29, 0.717) is 11.5 Å². The Kier molecular flexibility index (Phi) is 7.42. The highest BCUT2D eigenvalue weighted by molar-refractivity contribution is 5.93. The van der Waals surface area contributed by atoms with E-state index < -0.39 is 17.9 Å². The first-order valence-electron chi connectivity index (χ1n) is 9.69. The van der Waals surface area contributed by atoms with Crippen molar-refractivity contribution in [3.63, 3.8) is 0 Å². The van der Waals surface area contributed by atoms with Gasteiger partial charge in [-0.25, -0.2) is 0 Å². The molecule has 1 aromatic heterocycles. The van der Waals surface area contributed by atoms with Crippen LogP contribution in [-0.4, -0.2) is 17.7 Å². The molecule has 8 nitrogen and oxygen atoms in total. The van der Waals surface area contributed by atoms with Crippen molar-refractivity contribution in [1.82, 2.24) is 16.2 Å². The summed E-state index contributed by atoms with van der Waals surface area (Å²) in [4.78, 5) is 36.0. The van der Waals surface area contributed by atoms with Gasteiger partial charge in [-0.15, -0.1) is 0 Å². The number of benzene rings is 2. The van der Waals surface area contributed by atoms with Gasteiger partial charge in [-0.05, 0) is 29.8 Å². The fourth-order valence-corrected chi connectivity index (χ4v) is 2.86. The molecular weight excluding hydrogens is 398 g/mol. The monoisotopic (exact) mass is 421 g/mol. The van der Waals surface area contributed by atoms with Gasteiger partial charge in [0, 0.05) is 6.92 Å². The lowest BCUT2D eigenvalue weighted by Crippen LogP contribution is -2.43. The average molecular weight is 421 g/mol. The van der Waals surface area contributed by atoms with Crippen molar-refractivity contribution >= 4 is 17.7 Å². The zero-order valence-corrected chi connectivity index (χ0v) is 17.0.